The molecule has 1 aliphatic carbocycles. The Balaban J connectivity index is 1.56. The zero-order chi connectivity index (χ0) is 19.8. The van der Waals surface area contributed by atoms with E-state index >= 15 is 0 Å². The van der Waals surface area contributed by atoms with Crippen LogP contribution < -0.4 is 0 Å². The van der Waals surface area contributed by atoms with Crippen LogP contribution in [0.3, 0.4) is 0 Å². The predicted molar refractivity (Wildman–Crippen MR) is 113 cm³/mol. The molecule has 0 spiro atoms. The van der Waals surface area contributed by atoms with E-state index < -0.39 is 0 Å². The van der Waals surface area contributed by atoms with E-state index in [1.165, 1.54) is 0 Å². The van der Waals surface area contributed by atoms with E-state index in [9.17, 15) is 4.79 Å². The van der Waals surface area contributed by atoms with Crippen molar-refractivity contribution < 1.29 is 13.6 Å². The van der Waals surface area contributed by atoms with Crippen LogP contribution in [-0.4, -0.2) is 16.6 Å². The zero-order valence-corrected chi connectivity index (χ0v) is 17.2. The lowest BCUT2D eigenvalue weighted by atomic mass is 9.79. The first-order valence-electron chi connectivity index (χ1n) is 9.66. The number of amides is 1. The molecule has 3 heterocycles. The lowest BCUT2D eigenvalue weighted by Gasteiger charge is -2.27. The van der Waals surface area contributed by atoms with Gasteiger partial charge < -0.3 is 8.83 Å². The van der Waals surface area contributed by atoms with Gasteiger partial charge in [-0.15, -0.1) is 0 Å². The number of carbonyl (C=O) groups excluding carboxylic acids is 1. The third kappa shape index (κ3) is 3.38. The summed E-state index contributed by atoms with van der Waals surface area (Å²) in [5.41, 5.74) is 2.68. The van der Waals surface area contributed by atoms with Crippen molar-refractivity contribution >= 4 is 33.6 Å². The normalized spacial score (nSPS) is 22.6. The highest BCUT2D eigenvalue weighted by molar-refractivity contribution is 9.10. The molecule has 5 nitrogen and oxygen atoms in total. The molecule has 6 heteroatoms. The van der Waals surface area contributed by atoms with Crippen molar-refractivity contribution in [3.05, 3.63) is 88.2 Å². The second-order valence-electron chi connectivity index (χ2n) is 7.29. The average Bonchev–Trinajstić information content (AvgIpc) is 3.48. The summed E-state index contributed by atoms with van der Waals surface area (Å²) in [7, 11) is 0. The van der Waals surface area contributed by atoms with Crippen LogP contribution in [-0.2, 0) is 0 Å². The van der Waals surface area contributed by atoms with Gasteiger partial charge in [0.05, 0.1) is 18.2 Å². The van der Waals surface area contributed by atoms with Gasteiger partial charge in [0, 0.05) is 16.0 Å². The van der Waals surface area contributed by atoms with Crippen LogP contribution in [0.2, 0.25) is 0 Å². The minimum absolute atomic E-state index is 0.107. The molecule has 1 aromatic carbocycles. The summed E-state index contributed by atoms with van der Waals surface area (Å²) in [6.45, 7) is 0. The van der Waals surface area contributed by atoms with Crippen LogP contribution in [0.4, 0.5) is 0 Å². The topological polar surface area (TPSA) is 59.0 Å². The van der Waals surface area contributed by atoms with Crippen molar-refractivity contribution in [2.45, 2.75) is 25.3 Å². The van der Waals surface area contributed by atoms with E-state index in [2.05, 4.69) is 15.9 Å². The van der Waals surface area contributed by atoms with Gasteiger partial charge in [-0.2, -0.15) is 5.10 Å². The second-order valence-corrected chi connectivity index (χ2v) is 8.20. The quantitative estimate of drug-likeness (QED) is 0.486. The Bertz CT molecular complexity index is 1070. The number of hydrazone groups is 1. The van der Waals surface area contributed by atoms with E-state index in [1.54, 1.807) is 17.5 Å². The number of hydrogen-bond acceptors (Lipinski definition) is 4. The van der Waals surface area contributed by atoms with Gasteiger partial charge in [0.25, 0.3) is 5.91 Å². The van der Waals surface area contributed by atoms with Crippen LogP contribution in [0.25, 0.3) is 6.08 Å². The van der Waals surface area contributed by atoms with Crippen molar-refractivity contribution in [1.29, 1.82) is 0 Å². The molecule has 0 bridgehead atoms. The Labute approximate surface area is 176 Å². The molecule has 5 rings (SSSR count). The van der Waals surface area contributed by atoms with Gasteiger partial charge in [-0.05, 0) is 79.4 Å². The molecule has 1 amide bonds. The van der Waals surface area contributed by atoms with Crippen molar-refractivity contribution in [2.24, 2.45) is 11.0 Å². The SMILES string of the molecule is O=C(c1ccc(Br)cc1)N1N=C2/C(=C/c3ccco3)CCC[C@@H]2[C@@H]1c1ccco1. The molecule has 1 fully saturated rings. The van der Waals surface area contributed by atoms with Crippen LogP contribution in [0.1, 0.15) is 47.2 Å². The molecule has 0 saturated heterocycles. The fourth-order valence-electron chi connectivity index (χ4n) is 4.18. The van der Waals surface area contributed by atoms with Gasteiger partial charge in [-0.25, -0.2) is 5.01 Å². The first-order valence-corrected chi connectivity index (χ1v) is 10.5. The number of carbonyl (C=O) groups is 1. The van der Waals surface area contributed by atoms with E-state index in [1.807, 2.05) is 54.6 Å². The Kier molecular flexibility index (Phi) is 4.72. The highest BCUT2D eigenvalue weighted by Crippen LogP contribution is 2.45. The number of fused-ring (bicyclic) bond motifs is 1. The molecule has 2 aromatic heterocycles. The number of hydrogen-bond donors (Lipinski definition) is 0. The number of nitrogens with zero attached hydrogens (tertiary/aromatic N) is 2. The van der Waals surface area contributed by atoms with Crippen molar-refractivity contribution in [1.82, 2.24) is 5.01 Å². The summed E-state index contributed by atoms with van der Waals surface area (Å²) in [4.78, 5) is 13.4. The Hall–Kier alpha value is -2.86. The Morgan fingerprint density at radius 2 is 1.90 bits per heavy atom. The third-order valence-electron chi connectivity index (χ3n) is 5.50. The smallest absolute Gasteiger partial charge is 0.274 e. The Morgan fingerprint density at radius 1 is 1.10 bits per heavy atom. The number of allylic oxidation sites excluding steroid dienone is 1. The lowest BCUT2D eigenvalue weighted by Crippen LogP contribution is -2.31. The van der Waals surface area contributed by atoms with Gasteiger partial charge >= 0.3 is 0 Å². The lowest BCUT2D eigenvalue weighted by molar-refractivity contribution is 0.0656. The van der Waals surface area contributed by atoms with Gasteiger partial charge in [-0.3, -0.25) is 4.79 Å². The summed E-state index contributed by atoms with van der Waals surface area (Å²) >= 11 is 3.42. The molecular formula is C23H19BrN2O3. The third-order valence-corrected chi connectivity index (χ3v) is 6.02. The maximum atomic E-state index is 13.4. The number of halogens is 1. The molecule has 1 aliphatic heterocycles. The van der Waals surface area contributed by atoms with Crippen LogP contribution in [0.15, 0.2) is 85.0 Å². The van der Waals surface area contributed by atoms with Gasteiger partial charge in [-0.1, -0.05) is 15.9 Å². The summed E-state index contributed by atoms with van der Waals surface area (Å²) in [5.74, 6) is 1.54. The fourth-order valence-corrected chi connectivity index (χ4v) is 4.44. The predicted octanol–water partition coefficient (Wildman–Crippen LogP) is 6.07. The molecule has 1 saturated carbocycles. The van der Waals surface area contributed by atoms with E-state index in [4.69, 9.17) is 13.9 Å². The molecule has 0 unspecified atom stereocenters. The molecule has 0 N–H and O–H groups in total. The highest BCUT2D eigenvalue weighted by atomic mass is 79.9. The molecule has 0 radical (unpaired) electrons. The molecule has 3 aromatic rings. The maximum absolute atomic E-state index is 13.4. The van der Waals surface area contributed by atoms with E-state index in [0.717, 1.165) is 46.5 Å². The van der Waals surface area contributed by atoms with Crippen molar-refractivity contribution in [3.63, 3.8) is 0 Å². The van der Waals surface area contributed by atoms with Crippen molar-refractivity contribution in [3.8, 4) is 0 Å². The first kappa shape index (κ1) is 18.2. The zero-order valence-electron chi connectivity index (χ0n) is 15.6. The summed E-state index contributed by atoms with van der Waals surface area (Å²) in [5, 5.41) is 6.43. The largest absolute Gasteiger partial charge is 0.467 e. The highest BCUT2D eigenvalue weighted by Gasteiger charge is 2.45. The standard InChI is InChI=1S/C23H19BrN2O3/c24-17-10-8-15(9-11-17)23(27)26-22(20-7-3-13-29-20)19-6-1-4-16(21(19)25-26)14-18-5-2-12-28-18/h2-3,5,7-14,19,22H,1,4,6H2/b16-14+/t19-,22+/m0/s1. The molecule has 146 valence electrons. The maximum Gasteiger partial charge on any atom is 0.274 e. The van der Waals surface area contributed by atoms with Gasteiger partial charge in [0.15, 0.2) is 0 Å². The summed E-state index contributed by atoms with van der Waals surface area (Å²) < 4.78 is 12.2. The Morgan fingerprint density at radius 3 is 2.62 bits per heavy atom. The first-order chi connectivity index (χ1) is 14.2. The van der Waals surface area contributed by atoms with E-state index in [-0.39, 0.29) is 17.9 Å². The second kappa shape index (κ2) is 7.52. The average molecular weight is 451 g/mol. The monoisotopic (exact) mass is 450 g/mol. The molecular weight excluding hydrogens is 432 g/mol. The minimum atomic E-state index is -0.239. The van der Waals surface area contributed by atoms with Crippen LogP contribution in [0.5, 0.6) is 0 Å². The minimum Gasteiger partial charge on any atom is -0.467 e. The number of rotatable bonds is 3. The molecule has 29 heavy (non-hydrogen) atoms. The fraction of sp³-hybridized carbons (Fsp3) is 0.217. The molecule has 2 aliphatic rings. The summed E-state index contributed by atoms with van der Waals surface area (Å²) in [6.07, 6.45) is 8.27. The molecule has 2 atom stereocenters. The summed E-state index contributed by atoms with van der Waals surface area (Å²) in [6, 6.07) is 14.7. The van der Waals surface area contributed by atoms with Crippen molar-refractivity contribution in [2.75, 3.05) is 0 Å². The van der Waals surface area contributed by atoms with Crippen LogP contribution >= 0.6 is 15.9 Å². The van der Waals surface area contributed by atoms with Crippen LogP contribution in [0, 0.1) is 5.92 Å². The number of benzene rings is 1. The van der Waals surface area contributed by atoms with E-state index in [0.29, 0.717) is 5.56 Å². The van der Waals surface area contributed by atoms with Gasteiger partial charge in [0.1, 0.15) is 17.6 Å². The van der Waals surface area contributed by atoms with Gasteiger partial charge in [0.2, 0.25) is 0 Å². The number of furan rings is 2.